The molecule has 0 bridgehead atoms. The van der Waals surface area contributed by atoms with Crippen molar-refractivity contribution < 1.29 is 14.6 Å². The van der Waals surface area contributed by atoms with Crippen LogP contribution in [0.2, 0.25) is 0 Å². The maximum atomic E-state index is 10.7. The predicted octanol–water partition coefficient (Wildman–Crippen LogP) is 2.65. The number of likely N-dealkylation sites (N-methyl/N-ethyl adjacent to an activating group) is 1. The number of rotatable bonds is 12. The van der Waals surface area contributed by atoms with Gasteiger partial charge in [0.25, 0.3) is 0 Å². The van der Waals surface area contributed by atoms with E-state index in [-0.39, 0.29) is 12.4 Å². The summed E-state index contributed by atoms with van der Waals surface area (Å²) in [5, 5.41) is 16.4. The Morgan fingerprint density at radius 2 is 2.07 bits per heavy atom. The molecular formula is C21H35N3O3. The first-order chi connectivity index (χ1) is 13.1. The van der Waals surface area contributed by atoms with Gasteiger partial charge in [0, 0.05) is 26.2 Å². The lowest BCUT2D eigenvalue weighted by molar-refractivity contribution is -0.109. The number of nitrogens with one attached hydrogen (secondary N) is 2. The number of aldehydes is 1. The minimum atomic E-state index is -0.0254. The highest BCUT2D eigenvalue weighted by molar-refractivity contribution is 5.69. The molecule has 1 unspecified atom stereocenters. The maximum Gasteiger partial charge on any atom is 0.157 e. The Labute approximate surface area is 163 Å². The summed E-state index contributed by atoms with van der Waals surface area (Å²) in [7, 11) is 3.95. The molecule has 0 spiro atoms. The van der Waals surface area contributed by atoms with Gasteiger partial charge < -0.3 is 25.4 Å². The molecule has 1 aliphatic carbocycles. The molecule has 1 atom stereocenters. The molecule has 6 nitrogen and oxygen atoms in total. The normalized spacial score (nSPS) is 15.9. The minimum Gasteiger partial charge on any atom is -0.506 e. The van der Waals surface area contributed by atoms with Gasteiger partial charge >= 0.3 is 0 Å². The van der Waals surface area contributed by atoms with Gasteiger partial charge in [-0.3, -0.25) is 4.79 Å². The van der Waals surface area contributed by atoms with Gasteiger partial charge in [-0.1, -0.05) is 18.9 Å². The van der Waals surface area contributed by atoms with Crippen molar-refractivity contribution in [3.05, 3.63) is 17.7 Å². The molecule has 27 heavy (non-hydrogen) atoms. The van der Waals surface area contributed by atoms with Crippen molar-refractivity contribution in [2.75, 3.05) is 45.7 Å². The predicted molar refractivity (Wildman–Crippen MR) is 110 cm³/mol. The topological polar surface area (TPSA) is 73.8 Å². The van der Waals surface area contributed by atoms with Crippen LogP contribution in [0.15, 0.2) is 12.1 Å². The first-order valence-corrected chi connectivity index (χ1v) is 10.1. The van der Waals surface area contributed by atoms with Gasteiger partial charge in [-0.2, -0.15) is 0 Å². The summed E-state index contributed by atoms with van der Waals surface area (Å²) in [6.07, 6.45) is 7.00. The van der Waals surface area contributed by atoms with Gasteiger partial charge in [-0.15, -0.1) is 0 Å². The van der Waals surface area contributed by atoms with Crippen LogP contribution in [-0.2, 0) is 11.2 Å². The van der Waals surface area contributed by atoms with Crippen LogP contribution in [0, 0.1) is 5.92 Å². The smallest absolute Gasteiger partial charge is 0.157 e. The van der Waals surface area contributed by atoms with E-state index >= 15 is 0 Å². The third kappa shape index (κ3) is 6.11. The SMILES string of the molecule is CNc1c(O)ccc(CCNCCN(C)C(C)C2CCCC2)c1OCC=O. The quantitative estimate of drug-likeness (QED) is 0.295. The van der Waals surface area contributed by atoms with E-state index in [4.69, 9.17) is 4.74 Å². The number of anilines is 1. The van der Waals surface area contributed by atoms with E-state index in [1.54, 1.807) is 13.1 Å². The number of carbonyl (C=O) groups excluding carboxylic acids is 1. The monoisotopic (exact) mass is 377 g/mol. The zero-order valence-corrected chi connectivity index (χ0v) is 17.0. The van der Waals surface area contributed by atoms with Crippen molar-refractivity contribution in [2.24, 2.45) is 5.92 Å². The van der Waals surface area contributed by atoms with Crippen LogP contribution in [0.4, 0.5) is 5.69 Å². The number of carbonyl (C=O) groups is 1. The van der Waals surface area contributed by atoms with Gasteiger partial charge in [-0.05, 0) is 57.3 Å². The zero-order chi connectivity index (χ0) is 19.6. The Morgan fingerprint density at radius 1 is 1.33 bits per heavy atom. The summed E-state index contributed by atoms with van der Waals surface area (Å²) in [4.78, 5) is 13.1. The first kappa shape index (κ1) is 21.5. The second kappa shape index (κ2) is 11.1. The summed E-state index contributed by atoms with van der Waals surface area (Å²) < 4.78 is 5.55. The molecule has 1 fully saturated rings. The fourth-order valence-electron chi connectivity index (χ4n) is 3.94. The molecule has 0 aliphatic heterocycles. The Bertz CT molecular complexity index is 588. The van der Waals surface area contributed by atoms with Crippen molar-refractivity contribution in [1.82, 2.24) is 10.2 Å². The lowest BCUT2D eigenvalue weighted by Gasteiger charge is -2.29. The molecule has 1 aliphatic rings. The molecule has 2 rings (SSSR count). The first-order valence-electron chi connectivity index (χ1n) is 10.1. The lowest BCUT2D eigenvalue weighted by atomic mass is 9.99. The number of hydrogen-bond donors (Lipinski definition) is 3. The average molecular weight is 378 g/mol. The summed E-state index contributed by atoms with van der Waals surface area (Å²) in [6.45, 7) is 5.11. The van der Waals surface area contributed by atoms with Gasteiger partial charge in [0.1, 0.15) is 23.8 Å². The summed E-state index contributed by atoms with van der Waals surface area (Å²) in [5.74, 6) is 1.53. The van der Waals surface area contributed by atoms with Crippen LogP contribution >= 0.6 is 0 Å². The van der Waals surface area contributed by atoms with E-state index in [9.17, 15) is 9.90 Å². The van der Waals surface area contributed by atoms with Crippen molar-refractivity contribution in [3.63, 3.8) is 0 Å². The van der Waals surface area contributed by atoms with Crippen LogP contribution in [0.1, 0.15) is 38.2 Å². The molecule has 0 amide bonds. The van der Waals surface area contributed by atoms with Crippen molar-refractivity contribution >= 4 is 12.0 Å². The van der Waals surface area contributed by atoms with E-state index in [2.05, 4.69) is 29.5 Å². The van der Waals surface area contributed by atoms with Gasteiger partial charge in [0.2, 0.25) is 0 Å². The summed E-state index contributed by atoms with van der Waals surface area (Å²) >= 11 is 0. The maximum absolute atomic E-state index is 10.7. The van der Waals surface area contributed by atoms with Crippen LogP contribution in [-0.4, -0.2) is 62.7 Å². The number of phenolic OH excluding ortho intramolecular Hbond substituents is 1. The Balaban J connectivity index is 1.79. The lowest BCUT2D eigenvalue weighted by Crippen LogP contribution is -2.39. The largest absolute Gasteiger partial charge is 0.506 e. The minimum absolute atomic E-state index is 0.0254. The Kier molecular flexibility index (Phi) is 8.88. The van der Waals surface area contributed by atoms with Crippen molar-refractivity contribution in [3.8, 4) is 11.5 Å². The molecule has 152 valence electrons. The molecule has 0 heterocycles. The molecule has 1 saturated carbocycles. The fraction of sp³-hybridized carbons (Fsp3) is 0.667. The second-order valence-electron chi connectivity index (χ2n) is 7.44. The molecule has 0 aromatic heterocycles. The highest BCUT2D eigenvalue weighted by atomic mass is 16.5. The van der Waals surface area contributed by atoms with Crippen LogP contribution < -0.4 is 15.4 Å². The van der Waals surface area contributed by atoms with E-state index < -0.39 is 0 Å². The van der Waals surface area contributed by atoms with Gasteiger partial charge in [0.05, 0.1) is 0 Å². The molecule has 0 saturated heterocycles. The van der Waals surface area contributed by atoms with E-state index in [0.717, 1.165) is 37.5 Å². The highest BCUT2D eigenvalue weighted by Gasteiger charge is 2.24. The zero-order valence-electron chi connectivity index (χ0n) is 17.0. The summed E-state index contributed by atoms with van der Waals surface area (Å²) in [6, 6.07) is 4.16. The number of ether oxygens (including phenoxy) is 1. The fourth-order valence-corrected chi connectivity index (χ4v) is 3.94. The molecule has 1 aromatic carbocycles. The molecule has 0 radical (unpaired) electrons. The number of aromatic hydroxyl groups is 1. The number of phenols is 1. The van der Waals surface area contributed by atoms with Gasteiger partial charge in [0.15, 0.2) is 6.29 Å². The summed E-state index contributed by atoms with van der Waals surface area (Å²) in [5.41, 5.74) is 1.50. The standard InChI is InChI=1S/C21H35N3O3/c1-16(17-6-4-5-7-17)24(3)13-12-23-11-10-18-8-9-19(26)20(22-2)21(18)27-15-14-25/h8-9,14,16-17,22-23,26H,4-7,10-13,15H2,1-3H3. The van der Waals surface area contributed by atoms with E-state index in [0.29, 0.717) is 23.8 Å². The van der Waals surface area contributed by atoms with E-state index in [1.165, 1.54) is 25.7 Å². The number of nitrogens with zero attached hydrogens (tertiary/aromatic N) is 1. The van der Waals surface area contributed by atoms with Crippen LogP contribution in [0.3, 0.4) is 0 Å². The Hall–Kier alpha value is -1.79. The molecule has 6 heteroatoms. The highest BCUT2D eigenvalue weighted by Crippen LogP contribution is 2.37. The van der Waals surface area contributed by atoms with Gasteiger partial charge in [-0.25, -0.2) is 0 Å². The molecule has 3 N–H and O–H groups in total. The molecular weight excluding hydrogens is 342 g/mol. The molecule has 1 aromatic rings. The van der Waals surface area contributed by atoms with Crippen LogP contribution in [0.25, 0.3) is 0 Å². The third-order valence-electron chi connectivity index (χ3n) is 5.75. The second-order valence-corrected chi connectivity index (χ2v) is 7.44. The third-order valence-corrected chi connectivity index (χ3v) is 5.75. The number of hydrogen-bond acceptors (Lipinski definition) is 6. The number of benzene rings is 1. The van der Waals surface area contributed by atoms with Crippen LogP contribution in [0.5, 0.6) is 11.5 Å². The Morgan fingerprint density at radius 3 is 2.74 bits per heavy atom. The van der Waals surface area contributed by atoms with E-state index in [1.807, 2.05) is 6.07 Å². The van der Waals surface area contributed by atoms with Crippen molar-refractivity contribution in [2.45, 2.75) is 45.1 Å². The average Bonchev–Trinajstić information content (AvgIpc) is 3.21. The van der Waals surface area contributed by atoms with Crippen molar-refractivity contribution in [1.29, 1.82) is 0 Å².